The molecule has 0 radical (unpaired) electrons. The van der Waals surface area contributed by atoms with Gasteiger partial charge in [0.15, 0.2) is 5.78 Å². The number of ketones is 1. The highest BCUT2D eigenvalue weighted by atomic mass is 16.1. The van der Waals surface area contributed by atoms with Crippen molar-refractivity contribution in [2.45, 2.75) is 65.0 Å². The quantitative estimate of drug-likeness (QED) is 0.749. The maximum Gasteiger partial charge on any atom is 0.163 e. The molecular weight excluding hydrogens is 246 g/mol. The minimum atomic E-state index is 0.292. The molecule has 1 aromatic carbocycles. The molecule has 0 saturated carbocycles. The fourth-order valence-electron chi connectivity index (χ4n) is 3.36. The number of rotatable bonds is 5. The van der Waals surface area contributed by atoms with Crippen molar-refractivity contribution in [3.8, 4) is 0 Å². The molecule has 1 saturated heterocycles. The summed E-state index contributed by atoms with van der Waals surface area (Å²) in [6.45, 7) is 7.71. The monoisotopic (exact) mass is 273 g/mol. The largest absolute Gasteiger partial charge is 0.298 e. The maximum atomic E-state index is 12.3. The van der Waals surface area contributed by atoms with Gasteiger partial charge in [0.2, 0.25) is 0 Å². The molecule has 0 spiro atoms. The average molecular weight is 273 g/mol. The standard InChI is InChI=1S/C18H27NO/c1-14-8-4-5-11-17(14)18(20)12-7-13-19-15(2)9-6-10-16(19)3/h4-5,8,11,15-16H,6-7,9-10,12-13H2,1-3H3/t15-,16-/m1/s1. The molecule has 20 heavy (non-hydrogen) atoms. The van der Waals surface area contributed by atoms with E-state index in [1.807, 2.05) is 31.2 Å². The predicted octanol–water partition coefficient (Wildman–Crippen LogP) is 4.22. The van der Waals surface area contributed by atoms with Crippen molar-refractivity contribution in [2.75, 3.05) is 6.54 Å². The van der Waals surface area contributed by atoms with E-state index < -0.39 is 0 Å². The van der Waals surface area contributed by atoms with E-state index in [2.05, 4.69) is 18.7 Å². The van der Waals surface area contributed by atoms with E-state index in [0.29, 0.717) is 24.3 Å². The van der Waals surface area contributed by atoms with E-state index in [1.165, 1.54) is 19.3 Å². The van der Waals surface area contributed by atoms with Crippen molar-refractivity contribution in [2.24, 2.45) is 0 Å². The molecular formula is C18H27NO. The SMILES string of the molecule is Cc1ccccc1C(=O)CCCN1[C@H](C)CCC[C@H]1C. The smallest absolute Gasteiger partial charge is 0.163 e. The Morgan fingerprint density at radius 2 is 1.85 bits per heavy atom. The minimum Gasteiger partial charge on any atom is -0.298 e. The van der Waals surface area contributed by atoms with Gasteiger partial charge >= 0.3 is 0 Å². The first kappa shape index (κ1) is 15.2. The highest BCUT2D eigenvalue weighted by Gasteiger charge is 2.24. The molecule has 2 heteroatoms. The molecule has 2 rings (SSSR count). The summed E-state index contributed by atoms with van der Waals surface area (Å²) < 4.78 is 0. The van der Waals surface area contributed by atoms with E-state index >= 15 is 0 Å². The highest BCUT2D eigenvalue weighted by molar-refractivity contribution is 5.97. The molecule has 1 heterocycles. The van der Waals surface area contributed by atoms with Crippen LogP contribution in [0.5, 0.6) is 0 Å². The summed E-state index contributed by atoms with van der Waals surface area (Å²) in [4.78, 5) is 14.8. The van der Waals surface area contributed by atoms with Gasteiger partial charge in [0, 0.05) is 24.1 Å². The summed E-state index contributed by atoms with van der Waals surface area (Å²) in [6, 6.07) is 9.25. The topological polar surface area (TPSA) is 20.3 Å². The minimum absolute atomic E-state index is 0.292. The Bertz CT molecular complexity index is 444. The third kappa shape index (κ3) is 3.69. The van der Waals surface area contributed by atoms with Crippen LogP contribution in [0.4, 0.5) is 0 Å². The van der Waals surface area contributed by atoms with Crippen LogP contribution in [0, 0.1) is 6.92 Å². The fourth-order valence-corrected chi connectivity index (χ4v) is 3.36. The first-order valence-electron chi connectivity index (χ1n) is 7.94. The molecule has 1 aliphatic heterocycles. The van der Waals surface area contributed by atoms with Gasteiger partial charge in [-0.15, -0.1) is 0 Å². The Hall–Kier alpha value is -1.15. The lowest BCUT2D eigenvalue weighted by Gasteiger charge is -2.39. The van der Waals surface area contributed by atoms with Crippen LogP contribution in [0.25, 0.3) is 0 Å². The van der Waals surface area contributed by atoms with Gasteiger partial charge in [-0.2, -0.15) is 0 Å². The van der Waals surface area contributed by atoms with Crippen molar-refractivity contribution >= 4 is 5.78 Å². The van der Waals surface area contributed by atoms with Crippen LogP contribution in [-0.2, 0) is 0 Å². The Balaban J connectivity index is 1.84. The number of nitrogens with zero attached hydrogens (tertiary/aromatic N) is 1. The molecule has 0 aromatic heterocycles. The summed E-state index contributed by atoms with van der Waals surface area (Å²) in [5.41, 5.74) is 1.99. The molecule has 0 amide bonds. The Morgan fingerprint density at radius 3 is 2.50 bits per heavy atom. The Kier molecular flexibility index (Phi) is 5.36. The fraction of sp³-hybridized carbons (Fsp3) is 0.611. The van der Waals surface area contributed by atoms with Crippen molar-refractivity contribution < 1.29 is 4.79 Å². The second-order valence-corrected chi connectivity index (χ2v) is 6.21. The third-order valence-corrected chi connectivity index (χ3v) is 4.64. The molecule has 1 aromatic rings. The zero-order chi connectivity index (χ0) is 14.5. The number of hydrogen-bond acceptors (Lipinski definition) is 2. The lowest BCUT2D eigenvalue weighted by atomic mass is 9.96. The summed E-state index contributed by atoms with van der Waals surface area (Å²) in [5, 5.41) is 0. The Morgan fingerprint density at radius 1 is 1.20 bits per heavy atom. The highest BCUT2D eigenvalue weighted by Crippen LogP contribution is 2.23. The van der Waals surface area contributed by atoms with Crippen LogP contribution in [0.1, 0.15) is 61.9 Å². The molecule has 2 nitrogen and oxygen atoms in total. The zero-order valence-corrected chi connectivity index (χ0v) is 13.1. The lowest BCUT2D eigenvalue weighted by Crippen LogP contribution is -2.44. The number of piperidine rings is 1. The third-order valence-electron chi connectivity index (χ3n) is 4.64. The second kappa shape index (κ2) is 7.03. The van der Waals surface area contributed by atoms with Crippen molar-refractivity contribution in [1.29, 1.82) is 0 Å². The summed E-state index contributed by atoms with van der Waals surface area (Å²) in [6.07, 6.45) is 5.59. The molecule has 1 aliphatic rings. The molecule has 0 aliphatic carbocycles. The number of hydrogen-bond donors (Lipinski definition) is 0. The van der Waals surface area contributed by atoms with E-state index in [0.717, 1.165) is 24.1 Å². The van der Waals surface area contributed by atoms with Crippen molar-refractivity contribution in [3.63, 3.8) is 0 Å². The van der Waals surface area contributed by atoms with Gasteiger partial charge in [-0.1, -0.05) is 30.7 Å². The van der Waals surface area contributed by atoms with Crippen LogP contribution >= 0.6 is 0 Å². The van der Waals surface area contributed by atoms with Gasteiger partial charge in [0.05, 0.1) is 0 Å². The van der Waals surface area contributed by atoms with Gasteiger partial charge in [-0.25, -0.2) is 0 Å². The van der Waals surface area contributed by atoms with Gasteiger partial charge in [-0.05, 0) is 52.1 Å². The number of carbonyl (C=O) groups excluding carboxylic acids is 1. The van der Waals surface area contributed by atoms with Crippen LogP contribution in [0.3, 0.4) is 0 Å². The number of carbonyl (C=O) groups is 1. The van der Waals surface area contributed by atoms with Crippen LogP contribution in [-0.4, -0.2) is 29.3 Å². The van der Waals surface area contributed by atoms with E-state index in [4.69, 9.17) is 0 Å². The molecule has 0 N–H and O–H groups in total. The summed E-state index contributed by atoms with van der Waals surface area (Å²) >= 11 is 0. The lowest BCUT2D eigenvalue weighted by molar-refractivity contribution is 0.0900. The predicted molar refractivity (Wildman–Crippen MR) is 84.2 cm³/mol. The molecule has 0 unspecified atom stereocenters. The molecule has 0 bridgehead atoms. The number of benzene rings is 1. The maximum absolute atomic E-state index is 12.3. The van der Waals surface area contributed by atoms with Gasteiger partial charge in [0.25, 0.3) is 0 Å². The van der Waals surface area contributed by atoms with E-state index in [1.54, 1.807) is 0 Å². The van der Waals surface area contributed by atoms with Crippen LogP contribution in [0.2, 0.25) is 0 Å². The molecule has 1 fully saturated rings. The first-order valence-corrected chi connectivity index (χ1v) is 7.94. The Labute approximate surface area is 123 Å². The van der Waals surface area contributed by atoms with Gasteiger partial charge in [-0.3, -0.25) is 9.69 Å². The molecule has 2 atom stereocenters. The number of Topliss-reactive ketones (excluding diaryl/α,β-unsaturated/α-hetero) is 1. The average Bonchev–Trinajstić information content (AvgIpc) is 2.42. The van der Waals surface area contributed by atoms with Gasteiger partial charge in [0.1, 0.15) is 0 Å². The van der Waals surface area contributed by atoms with Gasteiger partial charge < -0.3 is 0 Å². The van der Waals surface area contributed by atoms with Crippen LogP contribution in [0.15, 0.2) is 24.3 Å². The van der Waals surface area contributed by atoms with E-state index in [9.17, 15) is 4.79 Å². The van der Waals surface area contributed by atoms with Crippen molar-refractivity contribution in [1.82, 2.24) is 4.90 Å². The summed E-state index contributed by atoms with van der Waals surface area (Å²) in [5.74, 6) is 0.292. The normalized spacial score (nSPS) is 23.8. The zero-order valence-electron chi connectivity index (χ0n) is 13.1. The first-order chi connectivity index (χ1) is 9.59. The van der Waals surface area contributed by atoms with Crippen molar-refractivity contribution in [3.05, 3.63) is 35.4 Å². The number of likely N-dealkylation sites (tertiary alicyclic amines) is 1. The number of aryl methyl sites for hydroxylation is 1. The molecule has 110 valence electrons. The van der Waals surface area contributed by atoms with E-state index in [-0.39, 0.29) is 0 Å². The summed E-state index contributed by atoms with van der Waals surface area (Å²) in [7, 11) is 0. The second-order valence-electron chi connectivity index (χ2n) is 6.21. The van der Waals surface area contributed by atoms with Crippen LogP contribution < -0.4 is 0 Å².